The summed E-state index contributed by atoms with van der Waals surface area (Å²) in [7, 11) is 0. The molecule has 2 heterocycles. The van der Waals surface area contributed by atoms with Crippen LogP contribution in [0.25, 0.3) is 11.4 Å². The molecule has 1 aromatic heterocycles. The van der Waals surface area contributed by atoms with Crippen molar-refractivity contribution in [1.29, 1.82) is 0 Å². The van der Waals surface area contributed by atoms with Crippen LogP contribution in [0.2, 0.25) is 0 Å². The second kappa shape index (κ2) is 3.56. The minimum atomic E-state index is 0.587. The number of aromatic amines is 1. The molecular formula is C12H12N2O2. The number of imidazole rings is 1. The molecule has 16 heavy (non-hydrogen) atoms. The van der Waals surface area contributed by atoms with Crippen molar-refractivity contribution in [2.24, 2.45) is 0 Å². The molecule has 0 fully saturated rings. The maximum atomic E-state index is 5.63. The van der Waals surface area contributed by atoms with Crippen molar-refractivity contribution in [3.05, 3.63) is 30.1 Å². The Morgan fingerprint density at radius 1 is 1.25 bits per heavy atom. The molecule has 0 radical (unpaired) electrons. The fraction of sp³-hybridized carbons (Fsp3) is 0.250. The van der Waals surface area contributed by atoms with Crippen LogP contribution < -0.4 is 9.47 Å². The molecule has 0 aliphatic carbocycles. The molecule has 0 spiro atoms. The number of fused-ring (bicyclic) bond motifs is 1. The number of nitrogens with zero attached hydrogens (tertiary/aromatic N) is 1. The van der Waals surface area contributed by atoms with Gasteiger partial charge in [-0.3, -0.25) is 0 Å². The zero-order valence-electron chi connectivity index (χ0n) is 8.99. The van der Waals surface area contributed by atoms with E-state index < -0.39 is 0 Å². The second-order valence-corrected chi connectivity index (χ2v) is 3.74. The number of H-pyrrole nitrogens is 1. The summed E-state index contributed by atoms with van der Waals surface area (Å²) in [6, 6.07) is 5.83. The molecule has 4 nitrogen and oxygen atoms in total. The highest BCUT2D eigenvalue weighted by Gasteiger charge is 2.17. The van der Waals surface area contributed by atoms with Gasteiger partial charge in [-0.1, -0.05) is 6.07 Å². The van der Waals surface area contributed by atoms with E-state index in [1.54, 1.807) is 6.20 Å². The van der Waals surface area contributed by atoms with Crippen molar-refractivity contribution in [3.63, 3.8) is 0 Å². The molecule has 82 valence electrons. The molecule has 3 rings (SSSR count). The topological polar surface area (TPSA) is 47.1 Å². The Labute approximate surface area is 93.2 Å². The molecule has 0 atom stereocenters. The zero-order valence-corrected chi connectivity index (χ0v) is 8.99. The molecule has 2 aromatic rings. The summed E-state index contributed by atoms with van der Waals surface area (Å²) in [4.78, 5) is 7.50. The van der Waals surface area contributed by atoms with Crippen LogP contribution in [0.4, 0.5) is 0 Å². The number of rotatable bonds is 1. The van der Waals surface area contributed by atoms with Crippen molar-refractivity contribution in [2.45, 2.75) is 6.92 Å². The molecule has 0 unspecified atom stereocenters. The fourth-order valence-electron chi connectivity index (χ4n) is 1.81. The molecule has 0 saturated carbocycles. The highest BCUT2D eigenvalue weighted by Crippen LogP contribution is 2.38. The number of nitrogens with one attached hydrogen (secondary N) is 1. The Balaban J connectivity index is 2.13. The normalized spacial score (nSPS) is 13.8. The van der Waals surface area contributed by atoms with E-state index in [1.165, 1.54) is 0 Å². The molecule has 1 aromatic carbocycles. The number of para-hydroxylation sites is 1. The van der Waals surface area contributed by atoms with Crippen molar-refractivity contribution >= 4 is 0 Å². The van der Waals surface area contributed by atoms with Gasteiger partial charge in [-0.15, -0.1) is 0 Å². The number of ether oxygens (including phenoxy) is 2. The SMILES string of the molecule is Cc1cnc(-c2cccc3c2OCCO3)[nH]1. The number of benzene rings is 1. The maximum Gasteiger partial charge on any atom is 0.172 e. The minimum Gasteiger partial charge on any atom is -0.486 e. The fourth-order valence-corrected chi connectivity index (χ4v) is 1.81. The monoisotopic (exact) mass is 216 g/mol. The van der Waals surface area contributed by atoms with E-state index in [2.05, 4.69) is 9.97 Å². The van der Waals surface area contributed by atoms with Gasteiger partial charge in [0, 0.05) is 11.9 Å². The van der Waals surface area contributed by atoms with Gasteiger partial charge in [0.1, 0.15) is 19.0 Å². The van der Waals surface area contributed by atoms with E-state index in [1.807, 2.05) is 25.1 Å². The number of aryl methyl sites for hydroxylation is 1. The van der Waals surface area contributed by atoms with E-state index in [9.17, 15) is 0 Å². The van der Waals surface area contributed by atoms with Crippen LogP contribution in [0.15, 0.2) is 24.4 Å². The van der Waals surface area contributed by atoms with Gasteiger partial charge in [0.15, 0.2) is 11.5 Å². The first-order valence-electron chi connectivity index (χ1n) is 5.25. The molecule has 1 aliphatic heterocycles. The maximum absolute atomic E-state index is 5.63. The van der Waals surface area contributed by atoms with Gasteiger partial charge in [-0.25, -0.2) is 4.98 Å². The summed E-state index contributed by atoms with van der Waals surface area (Å²) in [5, 5.41) is 0. The molecule has 1 N–H and O–H groups in total. The van der Waals surface area contributed by atoms with Crippen molar-refractivity contribution in [2.75, 3.05) is 13.2 Å². The number of hydrogen-bond acceptors (Lipinski definition) is 3. The number of aromatic nitrogens is 2. The van der Waals surface area contributed by atoms with Crippen LogP contribution in [-0.4, -0.2) is 23.2 Å². The standard InChI is InChI=1S/C12H12N2O2/c1-8-7-13-12(14-8)9-3-2-4-10-11(9)16-6-5-15-10/h2-4,7H,5-6H2,1H3,(H,13,14). The zero-order chi connectivity index (χ0) is 11.0. The summed E-state index contributed by atoms with van der Waals surface area (Å²) in [5.41, 5.74) is 1.98. The first kappa shape index (κ1) is 9.27. The average Bonchev–Trinajstić information content (AvgIpc) is 2.75. The van der Waals surface area contributed by atoms with E-state index in [-0.39, 0.29) is 0 Å². The predicted octanol–water partition coefficient (Wildman–Crippen LogP) is 2.16. The minimum absolute atomic E-state index is 0.587. The Hall–Kier alpha value is -1.97. The second-order valence-electron chi connectivity index (χ2n) is 3.74. The first-order valence-corrected chi connectivity index (χ1v) is 5.25. The third-order valence-electron chi connectivity index (χ3n) is 2.52. The molecule has 4 heteroatoms. The number of hydrogen-bond donors (Lipinski definition) is 1. The summed E-state index contributed by atoms with van der Waals surface area (Å²) in [6.45, 7) is 3.17. The van der Waals surface area contributed by atoms with E-state index in [4.69, 9.17) is 9.47 Å². The lowest BCUT2D eigenvalue weighted by atomic mass is 10.1. The van der Waals surface area contributed by atoms with Gasteiger partial charge in [-0.05, 0) is 19.1 Å². The Bertz CT molecular complexity index is 519. The predicted molar refractivity (Wildman–Crippen MR) is 59.8 cm³/mol. The summed E-state index contributed by atoms with van der Waals surface area (Å²) in [5.74, 6) is 2.39. The highest BCUT2D eigenvalue weighted by molar-refractivity contribution is 5.69. The van der Waals surface area contributed by atoms with Gasteiger partial charge >= 0.3 is 0 Å². The third-order valence-corrected chi connectivity index (χ3v) is 2.52. The molecule has 0 saturated heterocycles. The van der Waals surface area contributed by atoms with E-state index in [0.29, 0.717) is 13.2 Å². The smallest absolute Gasteiger partial charge is 0.172 e. The Kier molecular flexibility index (Phi) is 2.06. The quantitative estimate of drug-likeness (QED) is 0.794. The summed E-state index contributed by atoms with van der Waals surface area (Å²) in [6.07, 6.45) is 1.80. The van der Waals surface area contributed by atoms with Crippen LogP contribution in [-0.2, 0) is 0 Å². The summed E-state index contributed by atoms with van der Waals surface area (Å²) >= 11 is 0. The van der Waals surface area contributed by atoms with Gasteiger partial charge in [0.05, 0.1) is 5.56 Å². The lowest BCUT2D eigenvalue weighted by Gasteiger charge is -2.20. The summed E-state index contributed by atoms with van der Waals surface area (Å²) < 4.78 is 11.2. The van der Waals surface area contributed by atoms with Crippen molar-refractivity contribution in [3.8, 4) is 22.9 Å². The van der Waals surface area contributed by atoms with Crippen LogP contribution in [0.1, 0.15) is 5.69 Å². The van der Waals surface area contributed by atoms with Gasteiger partial charge < -0.3 is 14.5 Å². The van der Waals surface area contributed by atoms with Crippen LogP contribution in [0, 0.1) is 6.92 Å². The van der Waals surface area contributed by atoms with E-state index in [0.717, 1.165) is 28.6 Å². The molecule has 1 aliphatic rings. The molecular weight excluding hydrogens is 204 g/mol. The van der Waals surface area contributed by atoms with Crippen LogP contribution >= 0.6 is 0 Å². The van der Waals surface area contributed by atoms with Gasteiger partial charge in [-0.2, -0.15) is 0 Å². The van der Waals surface area contributed by atoms with Crippen LogP contribution in [0.3, 0.4) is 0 Å². The molecule has 0 bridgehead atoms. The largest absolute Gasteiger partial charge is 0.486 e. The van der Waals surface area contributed by atoms with Gasteiger partial charge in [0.2, 0.25) is 0 Å². The lowest BCUT2D eigenvalue weighted by Crippen LogP contribution is -2.15. The lowest BCUT2D eigenvalue weighted by molar-refractivity contribution is 0.172. The van der Waals surface area contributed by atoms with Crippen molar-refractivity contribution < 1.29 is 9.47 Å². The Morgan fingerprint density at radius 2 is 2.12 bits per heavy atom. The third kappa shape index (κ3) is 1.43. The van der Waals surface area contributed by atoms with Crippen molar-refractivity contribution in [1.82, 2.24) is 9.97 Å². The average molecular weight is 216 g/mol. The van der Waals surface area contributed by atoms with Gasteiger partial charge in [0.25, 0.3) is 0 Å². The molecule has 0 amide bonds. The first-order chi connectivity index (χ1) is 7.84. The van der Waals surface area contributed by atoms with Crippen LogP contribution in [0.5, 0.6) is 11.5 Å². The highest BCUT2D eigenvalue weighted by atomic mass is 16.6. The Morgan fingerprint density at radius 3 is 2.94 bits per heavy atom. The van der Waals surface area contributed by atoms with E-state index >= 15 is 0 Å².